The van der Waals surface area contributed by atoms with E-state index in [2.05, 4.69) is 20.8 Å². The molecule has 3 heteroatoms. The molecule has 3 nitrogen and oxygen atoms in total. The Morgan fingerprint density at radius 1 is 0.963 bits per heavy atom. The third kappa shape index (κ3) is 2.31. The van der Waals surface area contributed by atoms with Gasteiger partial charge in [0, 0.05) is 16.5 Å². The van der Waals surface area contributed by atoms with E-state index in [0.29, 0.717) is 11.1 Å². The first-order chi connectivity index (χ1) is 12.4. The van der Waals surface area contributed by atoms with E-state index in [9.17, 15) is 9.90 Å². The first kappa shape index (κ1) is 18.4. The maximum atomic E-state index is 13.5. The molecular weight excluding hydrogens is 336 g/mol. The monoisotopic (exact) mass is 364 g/mol. The fourth-order valence-electron chi connectivity index (χ4n) is 4.48. The van der Waals surface area contributed by atoms with Gasteiger partial charge in [-0.3, -0.25) is 4.79 Å². The van der Waals surface area contributed by atoms with Crippen LogP contribution in [-0.2, 0) is 15.8 Å². The molecule has 1 aliphatic carbocycles. The van der Waals surface area contributed by atoms with Gasteiger partial charge in [0.2, 0.25) is 0 Å². The van der Waals surface area contributed by atoms with Crippen LogP contribution in [0.25, 0.3) is 0 Å². The number of ether oxygens (including phenoxy) is 1. The molecule has 1 saturated heterocycles. The number of Topliss-reactive ketones (excluding diaryl/α,β-unsaturated/α-hetero) is 1. The van der Waals surface area contributed by atoms with E-state index in [4.69, 9.17) is 4.74 Å². The number of aliphatic hydroxyl groups is 1. The number of epoxide rings is 1. The van der Waals surface area contributed by atoms with Crippen LogP contribution in [0.1, 0.15) is 68.6 Å². The Morgan fingerprint density at radius 2 is 1.59 bits per heavy atom. The molecule has 1 aliphatic heterocycles. The lowest BCUT2D eigenvalue weighted by Gasteiger charge is -2.39. The van der Waals surface area contributed by atoms with E-state index in [1.807, 2.05) is 69.3 Å². The molecule has 142 valence electrons. The molecule has 1 N–H and O–H groups in total. The Hall–Kier alpha value is -1.97. The molecule has 2 aromatic carbocycles. The number of benzene rings is 2. The normalized spacial score (nSPS) is 29.9. The Balaban J connectivity index is 2.02. The highest BCUT2D eigenvalue weighted by atomic mass is 16.6. The molecule has 1 heterocycles. The maximum absolute atomic E-state index is 13.5. The highest BCUT2D eigenvalue weighted by Crippen LogP contribution is 2.63. The summed E-state index contributed by atoms with van der Waals surface area (Å²) in [7, 11) is 0. The van der Waals surface area contributed by atoms with Gasteiger partial charge in [0.15, 0.2) is 11.4 Å². The first-order valence-corrected chi connectivity index (χ1v) is 9.59. The van der Waals surface area contributed by atoms with Crippen LogP contribution in [0.15, 0.2) is 48.5 Å². The van der Waals surface area contributed by atoms with Crippen molar-refractivity contribution in [2.75, 3.05) is 0 Å². The molecule has 0 unspecified atom stereocenters. The fraction of sp³-hybridized carbons (Fsp3) is 0.458. The molecule has 3 atom stereocenters. The van der Waals surface area contributed by atoms with Crippen molar-refractivity contribution in [3.63, 3.8) is 0 Å². The fourth-order valence-corrected chi connectivity index (χ4v) is 4.48. The largest absolute Gasteiger partial charge is 0.377 e. The van der Waals surface area contributed by atoms with Crippen molar-refractivity contribution in [3.05, 3.63) is 70.8 Å². The Bertz CT molecular complexity index is 917. The van der Waals surface area contributed by atoms with Crippen LogP contribution in [0.4, 0.5) is 0 Å². The smallest absolute Gasteiger partial charge is 0.198 e. The number of hydrogen-bond donors (Lipinski definition) is 1. The number of hydrogen-bond acceptors (Lipinski definition) is 3. The lowest BCUT2D eigenvalue weighted by atomic mass is 9.62. The number of fused-ring (bicyclic) bond motifs is 2. The van der Waals surface area contributed by atoms with E-state index >= 15 is 0 Å². The lowest BCUT2D eigenvalue weighted by molar-refractivity contribution is 0.0428. The Kier molecular flexibility index (Phi) is 3.61. The van der Waals surface area contributed by atoms with Crippen LogP contribution >= 0.6 is 0 Å². The third-order valence-electron chi connectivity index (χ3n) is 6.20. The molecule has 0 radical (unpaired) electrons. The van der Waals surface area contributed by atoms with Crippen molar-refractivity contribution in [3.8, 4) is 0 Å². The minimum absolute atomic E-state index is 0.0175. The highest BCUT2D eigenvalue weighted by molar-refractivity contribution is 6.09. The van der Waals surface area contributed by atoms with Crippen LogP contribution in [-0.4, -0.2) is 22.6 Å². The zero-order valence-electron chi connectivity index (χ0n) is 17.0. The molecule has 0 amide bonds. The van der Waals surface area contributed by atoms with Crippen LogP contribution in [0.5, 0.6) is 0 Å². The minimum Gasteiger partial charge on any atom is -0.377 e. The summed E-state index contributed by atoms with van der Waals surface area (Å²) in [6.45, 7) is 12.4. The van der Waals surface area contributed by atoms with Gasteiger partial charge in [-0.25, -0.2) is 0 Å². The number of carbonyl (C=O) groups is 1. The van der Waals surface area contributed by atoms with E-state index in [0.717, 1.165) is 11.1 Å². The van der Waals surface area contributed by atoms with Gasteiger partial charge in [-0.15, -0.1) is 0 Å². The van der Waals surface area contributed by atoms with Gasteiger partial charge in [-0.05, 0) is 16.5 Å². The average molecular weight is 364 g/mol. The van der Waals surface area contributed by atoms with Crippen LogP contribution in [0.3, 0.4) is 0 Å². The van der Waals surface area contributed by atoms with Gasteiger partial charge in [0.05, 0.1) is 0 Å². The maximum Gasteiger partial charge on any atom is 0.198 e. The van der Waals surface area contributed by atoms with Crippen molar-refractivity contribution in [2.45, 2.75) is 64.3 Å². The van der Waals surface area contributed by atoms with Gasteiger partial charge in [0.1, 0.15) is 11.7 Å². The lowest BCUT2D eigenvalue weighted by Crippen LogP contribution is -2.52. The molecule has 0 aromatic heterocycles. The molecule has 2 aliphatic rings. The molecular formula is C24H28O3. The number of ketones is 1. The topological polar surface area (TPSA) is 49.8 Å². The van der Waals surface area contributed by atoms with Crippen molar-refractivity contribution in [1.82, 2.24) is 0 Å². The predicted octanol–water partition coefficient (Wildman–Crippen LogP) is 4.60. The average Bonchev–Trinajstić information content (AvgIpc) is 3.37. The van der Waals surface area contributed by atoms with Crippen molar-refractivity contribution < 1.29 is 14.6 Å². The first-order valence-electron chi connectivity index (χ1n) is 9.59. The molecule has 1 fully saturated rings. The quantitative estimate of drug-likeness (QED) is 0.753. The summed E-state index contributed by atoms with van der Waals surface area (Å²) in [5.74, 6) is -0.0175. The second kappa shape index (κ2) is 5.30. The number of carbonyl (C=O) groups excluding carboxylic acids is 1. The summed E-state index contributed by atoms with van der Waals surface area (Å²) in [6.07, 6.45) is -0.581. The summed E-state index contributed by atoms with van der Waals surface area (Å²) in [5, 5.41) is 12.1. The molecule has 4 rings (SSSR count). The van der Waals surface area contributed by atoms with Gasteiger partial charge in [0.25, 0.3) is 0 Å². The third-order valence-corrected chi connectivity index (χ3v) is 6.20. The molecule has 0 spiro atoms. The van der Waals surface area contributed by atoms with E-state index in [-0.39, 0.29) is 11.2 Å². The summed E-state index contributed by atoms with van der Waals surface area (Å²) in [6, 6.07) is 15.5. The predicted molar refractivity (Wildman–Crippen MR) is 106 cm³/mol. The van der Waals surface area contributed by atoms with Crippen LogP contribution in [0, 0.1) is 5.41 Å². The van der Waals surface area contributed by atoms with Gasteiger partial charge in [-0.1, -0.05) is 90.1 Å². The van der Waals surface area contributed by atoms with Crippen LogP contribution in [0.2, 0.25) is 0 Å². The Morgan fingerprint density at radius 3 is 2.15 bits per heavy atom. The van der Waals surface area contributed by atoms with Crippen LogP contribution < -0.4 is 0 Å². The molecule has 0 saturated carbocycles. The standard InChI is InChI=1S/C24H28O3/c1-21(2,3)16-12-13-17-18(14-16)23(26,15-10-8-7-9-11-15)20-24(27-20,19(17)25)22(4,5)6/h7-14,20,26H,1-6H3/t20-,23+,24-/m1/s1. The number of rotatable bonds is 1. The summed E-state index contributed by atoms with van der Waals surface area (Å²) in [5.41, 5.74) is 0.239. The highest BCUT2D eigenvalue weighted by Gasteiger charge is 2.78. The summed E-state index contributed by atoms with van der Waals surface area (Å²) in [4.78, 5) is 13.5. The molecule has 27 heavy (non-hydrogen) atoms. The Labute approximate surface area is 161 Å². The summed E-state index contributed by atoms with van der Waals surface area (Å²) >= 11 is 0. The van der Waals surface area contributed by atoms with Gasteiger partial charge < -0.3 is 9.84 Å². The SMILES string of the molecule is CC(C)(C)c1ccc2c(c1)[C@@](O)(c1ccccc1)[C@H]1O[C@]1(C(C)(C)C)C2=O. The zero-order valence-corrected chi connectivity index (χ0v) is 17.0. The van der Waals surface area contributed by atoms with Crippen molar-refractivity contribution in [1.29, 1.82) is 0 Å². The zero-order chi connectivity index (χ0) is 19.8. The molecule has 0 bridgehead atoms. The van der Waals surface area contributed by atoms with Gasteiger partial charge in [-0.2, -0.15) is 0 Å². The van der Waals surface area contributed by atoms with Gasteiger partial charge >= 0.3 is 0 Å². The van der Waals surface area contributed by atoms with E-state index in [1.165, 1.54) is 0 Å². The molecule has 2 aromatic rings. The van der Waals surface area contributed by atoms with Crippen molar-refractivity contribution in [2.24, 2.45) is 5.41 Å². The second-order valence-corrected chi connectivity index (χ2v) is 9.96. The minimum atomic E-state index is -1.35. The van der Waals surface area contributed by atoms with E-state index < -0.39 is 22.7 Å². The summed E-state index contributed by atoms with van der Waals surface area (Å²) < 4.78 is 6.12. The van der Waals surface area contributed by atoms with Crippen molar-refractivity contribution >= 4 is 5.78 Å². The van der Waals surface area contributed by atoms with E-state index in [1.54, 1.807) is 0 Å². The second-order valence-electron chi connectivity index (χ2n) is 9.96.